The Balaban J connectivity index is 1.63. The number of aromatic nitrogens is 1. The standard InChI is InChI=1S/C26H30ClN3O2/c1-2-3-4-5-8-16-32-25-14-13-22(27)17-21(25)19-29-23-11-6-7-12-24(23)30-26(31)20-10-9-15-28-18-20/h6-7,9-15,17-18,29H,2-5,8,16,19H2,1H3,(H,30,31). The molecule has 0 saturated carbocycles. The van der Waals surface area contributed by atoms with Gasteiger partial charge in [0.1, 0.15) is 5.75 Å². The molecule has 0 aliphatic heterocycles. The quantitative estimate of drug-likeness (QED) is 0.292. The number of hydrogen-bond donors (Lipinski definition) is 2. The molecule has 6 heteroatoms. The Hall–Kier alpha value is -3.05. The number of halogens is 1. The number of nitrogens with one attached hydrogen (secondary N) is 2. The van der Waals surface area contributed by atoms with E-state index in [0.29, 0.717) is 29.4 Å². The molecule has 2 aromatic carbocycles. The molecule has 2 N–H and O–H groups in total. The van der Waals surface area contributed by atoms with Gasteiger partial charge in [0.05, 0.1) is 23.5 Å². The van der Waals surface area contributed by atoms with Gasteiger partial charge in [0.2, 0.25) is 0 Å². The lowest BCUT2D eigenvalue weighted by molar-refractivity contribution is 0.102. The molecule has 0 saturated heterocycles. The van der Waals surface area contributed by atoms with Crippen LogP contribution in [0.4, 0.5) is 11.4 Å². The van der Waals surface area contributed by atoms with E-state index in [1.807, 2.05) is 42.5 Å². The van der Waals surface area contributed by atoms with Gasteiger partial charge in [-0.1, -0.05) is 56.3 Å². The Bertz CT molecular complexity index is 995. The number of unbranched alkanes of at least 4 members (excludes halogenated alkanes) is 4. The summed E-state index contributed by atoms with van der Waals surface area (Å²) in [5.74, 6) is 0.622. The zero-order valence-corrected chi connectivity index (χ0v) is 19.2. The molecule has 1 amide bonds. The average Bonchev–Trinajstić information content (AvgIpc) is 2.82. The second-order valence-corrected chi connectivity index (χ2v) is 8.05. The van der Waals surface area contributed by atoms with Crippen molar-refractivity contribution in [2.45, 2.75) is 45.6 Å². The summed E-state index contributed by atoms with van der Waals surface area (Å²) < 4.78 is 6.04. The third-order valence-corrected chi connectivity index (χ3v) is 5.33. The number of carbonyl (C=O) groups excluding carboxylic acids is 1. The van der Waals surface area contributed by atoms with Gasteiger partial charge in [-0.15, -0.1) is 0 Å². The molecule has 5 nitrogen and oxygen atoms in total. The van der Waals surface area contributed by atoms with Gasteiger partial charge in [0.15, 0.2) is 0 Å². The predicted molar refractivity (Wildman–Crippen MR) is 132 cm³/mol. The Morgan fingerprint density at radius 1 is 1.00 bits per heavy atom. The monoisotopic (exact) mass is 451 g/mol. The fourth-order valence-corrected chi connectivity index (χ4v) is 3.54. The lowest BCUT2D eigenvalue weighted by Crippen LogP contribution is -2.14. The normalized spacial score (nSPS) is 10.6. The molecule has 0 bridgehead atoms. The molecule has 1 aromatic heterocycles. The van der Waals surface area contributed by atoms with Crippen LogP contribution < -0.4 is 15.4 Å². The van der Waals surface area contributed by atoms with Crippen LogP contribution in [0.2, 0.25) is 5.02 Å². The molecule has 1 heterocycles. The van der Waals surface area contributed by atoms with E-state index < -0.39 is 0 Å². The smallest absolute Gasteiger partial charge is 0.257 e. The summed E-state index contributed by atoms with van der Waals surface area (Å²) in [4.78, 5) is 16.5. The molecule has 0 atom stereocenters. The minimum Gasteiger partial charge on any atom is -0.493 e. The van der Waals surface area contributed by atoms with E-state index in [0.717, 1.165) is 23.4 Å². The van der Waals surface area contributed by atoms with Crippen LogP contribution >= 0.6 is 11.6 Å². The van der Waals surface area contributed by atoms with Gasteiger partial charge in [-0.3, -0.25) is 9.78 Å². The lowest BCUT2D eigenvalue weighted by Gasteiger charge is -2.16. The summed E-state index contributed by atoms with van der Waals surface area (Å²) >= 11 is 6.24. The number of amides is 1. The van der Waals surface area contributed by atoms with Gasteiger partial charge in [-0.2, -0.15) is 0 Å². The fraction of sp³-hybridized carbons (Fsp3) is 0.308. The topological polar surface area (TPSA) is 63.2 Å². The van der Waals surface area contributed by atoms with Crippen molar-refractivity contribution in [3.8, 4) is 5.75 Å². The zero-order valence-electron chi connectivity index (χ0n) is 18.4. The van der Waals surface area contributed by atoms with Gasteiger partial charge >= 0.3 is 0 Å². The number of nitrogens with zero attached hydrogens (tertiary/aromatic N) is 1. The molecule has 0 aliphatic rings. The third kappa shape index (κ3) is 7.27. The van der Waals surface area contributed by atoms with Crippen LogP contribution in [-0.2, 0) is 6.54 Å². The highest BCUT2D eigenvalue weighted by Crippen LogP contribution is 2.27. The molecule has 0 aliphatic carbocycles. The summed E-state index contributed by atoms with van der Waals surface area (Å²) in [5, 5.41) is 7.01. The van der Waals surface area contributed by atoms with Crippen molar-refractivity contribution in [3.05, 3.63) is 83.1 Å². The van der Waals surface area contributed by atoms with Gasteiger partial charge in [0, 0.05) is 29.5 Å². The molecule has 168 valence electrons. The summed E-state index contributed by atoms with van der Waals surface area (Å²) in [5.41, 5.74) is 2.99. The van der Waals surface area contributed by atoms with Crippen molar-refractivity contribution < 1.29 is 9.53 Å². The van der Waals surface area contributed by atoms with E-state index in [4.69, 9.17) is 16.3 Å². The van der Waals surface area contributed by atoms with E-state index in [9.17, 15) is 4.79 Å². The average molecular weight is 452 g/mol. The summed E-state index contributed by atoms with van der Waals surface area (Å²) in [6.45, 7) is 3.42. The SMILES string of the molecule is CCCCCCCOc1ccc(Cl)cc1CNc1ccccc1NC(=O)c1cccnc1. The van der Waals surface area contributed by atoms with Gasteiger partial charge in [-0.05, 0) is 48.9 Å². The highest BCUT2D eigenvalue weighted by molar-refractivity contribution is 6.30. The molecule has 3 aromatic rings. The molecular weight excluding hydrogens is 422 g/mol. The minimum absolute atomic E-state index is 0.206. The van der Waals surface area contributed by atoms with Crippen molar-refractivity contribution in [2.24, 2.45) is 0 Å². The van der Waals surface area contributed by atoms with Crippen molar-refractivity contribution in [3.63, 3.8) is 0 Å². The van der Waals surface area contributed by atoms with Crippen molar-refractivity contribution in [1.29, 1.82) is 0 Å². The van der Waals surface area contributed by atoms with Crippen molar-refractivity contribution in [2.75, 3.05) is 17.2 Å². The van der Waals surface area contributed by atoms with Gasteiger partial charge in [0.25, 0.3) is 5.91 Å². The summed E-state index contributed by atoms with van der Waals surface area (Å²) in [7, 11) is 0. The number of benzene rings is 2. The first kappa shape index (κ1) is 23.6. The highest BCUT2D eigenvalue weighted by Gasteiger charge is 2.10. The first-order valence-electron chi connectivity index (χ1n) is 11.1. The molecule has 0 radical (unpaired) electrons. The first-order chi connectivity index (χ1) is 15.7. The second kappa shape index (κ2) is 12.7. The maximum atomic E-state index is 12.5. The van der Waals surface area contributed by atoms with Crippen LogP contribution in [0.15, 0.2) is 67.0 Å². The maximum absolute atomic E-state index is 12.5. The van der Waals surface area contributed by atoms with Crippen LogP contribution in [0.5, 0.6) is 5.75 Å². The van der Waals surface area contributed by atoms with E-state index >= 15 is 0 Å². The molecule has 0 fully saturated rings. The highest BCUT2D eigenvalue weighted by atomic mass is 35.5. The molecule has 32 heavy (non-hydrogen) atoms. The molecule has 3 rings (SSSR count). The van der Waals surface area contributed by atoms with E-state index in [1.165, 1.54) is 25.7 Å². The number of hydrogen-bond acceptors (Lipinski definition) is 4. The number of carbonyl (C=O) groups is 1. The minimum atomic E-state index is -0.206. The fourth-order valence-electron chi connectivity index (χ4n) is 3.34. The summed E-state index contributed by atoms with van der Waals surface area (Å²) in [6.07, 6.45) is 9.16. The van der Waals surface area contributed by atoms with Crippen LogP contribution in [-0.4, -0.2) is 17.5 Å². The van der Waals surface area contributed by atoms with Crippen molar-refractivity contribution >= 4 is 28.9 Å². The Morgan fingerprint density at radius 3 is 2.59 bits per heavy atom. The first-order valence-corrected chi connectivity index (χ1v) is 11.5. The van der Waals surface area contributed by atoms with E-state index in [-0.39, 0.29) is 5.91 Å². The summed E-state index contributed by atoms with van der Waals surface area (Å²) in [6, 6.07) is 16.8. The van der Waals surface area contributed by atoms with Crippen LogP contribution in [0.25, 0.3) is 0 Å². The molecule has 0 unspecified atom stereocenters. The zero-order chi connectivity index (χ0) is 22.6. The van der Waals surface area contributed by atoms with E-state index in [1.54, 1.807) is 24.5 Å². The number of rotatable bonds is 12. The van der Waals surface area contributed by atoms with E-state index in [2.05, 4.69) is 22.5 Å². The number of ether oxygens (including phenoxy) is 1. The Kier molecular flexibility index (Phi) is 9.38. The second-order valence-electron chi connectivity index (χ2n) is 7.61. The Labute approximate surface area is 195 Å². The Morgan fingerprint density at radius 2 is 1.81 bits per heavy atom. The van der Waals surface area contributed by atoms with Gasteiger partial charge in [-0.25, -0.2) is 0 Å². The predicted octanol–water partition coefficient (Wildman–Crippen LogP) is 6.95. The van der Waals surface area contributed by atoms with Crippen LogP contribution in [0, 0.1) is 0 Å². The third-order valence-electron chi connectivity index (χ3n) is 5.10. The number of anilines is 2. The maximum Gasteiger partial charge on any atom is 0.257 e. The van der Waals surface area contributed by atoms with Crippen molar-refractivity contribution in [1.82, 2.24) is 4.98 Å². The largest absolute Gasteiger partial charge is 0.493 e. The molecular formula is C26H30ClN3O2. The lowest BCUT2D eigenvalue weighted by atomic mass is 10.1. The van der Waals surface area contributed by atoms with Crippen LogP contribution in [0.1, 0.15) is 54.9 Å². The number of para-hydroxylation sites is 2. The number of pyridine rings is 1. The van der Waals surface area contributed by atoms with Gasteiger partial charge < -0.3 is 15.4 Å². The van der Waals surface area contributed by atoms with Crippen LogP contribution in [0.3, 0.4) is 0 Å². The molecule has 0 spiro atoms.